The largest absolute Gasteiger partial charge is 1.00 e. The number of hydrogen-bond donors (Lipinski definition) is 1. The van der Waals surface area contributed by atoms with E-state index in [0.29, 0.717) is 6.54 Å². The monoisotopic (exact) mass is 337 g/mol. The zero-order valence-corrected chi connectivity index (χ0v) is 18.4. The van der Waals surface area contributed by atoms with Crippen LogP contribution in [0.1, 0.15) is 90.9 Å². The van der Waals surface area contributed by atoms with Gasteiger partial charge in [-0.05, 0) is 25.3 Å². The number of unbranched alkanes of at least 4 members (excludes halogenated alkanes) is 8. The van der Waals surface area contributed by atoms with Gasteiger partial charge in [0.15, 0.2) is 0 Å². The van der Waals surface area contributed by atoms with E-state index in [4.69, 9.17) is 5.11 Å². The Labute approximate surface area is 167 Å². The van der Waals surface area contributed by atoms with Crippen LogP contribution in [0.15, 0.2) is 0 Å². The molecule has 23 heavy (non-hydrogen) atoms. The second kappa shape index (κ2) is 27.4. The Morgan fingerprint density at radius 3 is 1.74 bits per heavy atom. The van der Waals surface area contributed by atoms with E-state index in [0.717, 1.165) is 25.9 Å². The third-order valence-corrected chi connectivity index (χ3v) is 4.09. The van der Waals surface area contributed by atoms with Crippen molar-refractivity contribution in [2.75, 3.05) is 20.2 Å². The minimum atomic E-state index is 0. The van der Waals surface area contributed by atoms with E-state index in [1.54, 1.807) is 0 Å². The molecule has 0 aliphatic rings. The van der Waals surface area contributed by atoms with Crippen LogP contribution in [0.2, 0.25) is 0 Å². The number of aldehydes is 1. The molecule has 1 N–H and O–H groups in total. The molecule has 0 aromatic carbocycles. The molecule has 4 heteroatoms. The third-order valence-electron chi connectivity index (χ3n) is 4.09. The van der Waals surface area contributed by atoms with Crippen molar-refractivity contribution in [3.63, 3.8) is 0 Å². The third kappa shape index (κ3) is 25.0. The van der Waals surface area contributed by atoms with Gasteiger partial charge in [0.2, 0.25) is 0 Å². The molecule has 0 amide bonds. The topological polar surface area (TPSA) is 52.2 Å². The Balaban J connectivity index is -0.00000128. The SMILES string of the molecule is CCCCCCCCC(CCCCCC)CNCC=O.C[O-].[Na+]. The van der Waals surface area contributed by atoms with E-state index in [2.05, 4.69) is 19.2 Å². The van der Waals surface area contributed by atoms with Gasteiger partial charge >= 0.3 is 29.6 Å². The molecular formula is C19H40NNaO2. The minimum absolute atomic E-state index is 0. The Bertz CT molecular complexity index is 204. The second-order valence-electron chi connectivity index (χ2n) is 6.10. The summed E-state index contributed by atoms with van der Waals surface area (Å²) in [6.45, 7) is 6.08. The molecule has 3 nitrogen and oxygen atoms in total. The molecular weight excluding hydrogens is 297 g/mol. The van der Waals surface area contributed by atoms with Crippen molar-refractivity contribution in [2.45, 2.75) is 90.9 Å². The molecule has 0 bridgehead atoms. The average molecular weight is 338 g/mol. The molecule has 0 aromatic rings. The molecule has 0 fully saturated rings. The smallest absolute Gasteiger partial charge is 0.857 e. The molecule has 1 atom stereocenters. The summed E-state index contributed by atoms with van der Waals surface area (Å²) in [5.74, 6) is 0.776. The van der Waals surface area contributed by atoms with Crippen LogP contribution < -0.4 is 40.0 Å². The maximum absolute atomic E-state index is 10.4. The number of rotatable bonds is 16. The van der Waals surface area contributed by atoms with Crippen LogP contribution in [0, 0.1) is 5.92 Å². The Hall–Kier alpha value is 0.590. The first-order valence-electron chi connectivity index (χ1n) is 9.40. The zero-order valence-electron chi connectivity index (χ0n) is 16.4. The Kier molecular flexibility index (Phi) is 33.9. The fraction of sp³-hybridized carbons (Fsp3) is 0.947. The van der Waals surface area contributed by atoms with E-state index in [1.807, 2.05) is 0 Å². The van der Waals surface area contributed by atoms with Gasteiger partial charge in [0.05, 0.1) is 6.54 Å². The summed E-state index contributed by atoms with van der Waals surface area (Å²) >= 11 is 0. The maximum atomic E-state index is 10.4. The summed E-state index contributed by atoms with van der Waals surface area (Å²) < 4.78 is 0. The van der Waals surface area contributed by atoms with Gasteiger partial charge in [-0.3, -0.25) is 0 Å². The van der Waals surface area contributed by atoms with Gasteiger partial charge in [0.1, 0.15) is 6.29 Å². The van der Waals surface area contributed by atoms with Crippen LogP contribution in [0.25, 0.3) is 0 Å². The van der Waals surface area contributed by atoms with Crippen LogP contribution in [-0.4, -0.2) is 26.5 Å². The van der Waals surface area contributed by atoms with Gasteiger partial charge < -0.3 is 15.2 Å². The maximum Gasteiger partial charge on any atom is 1.00 e. The predicted octanol–water partition coefficient (Wildman–Crippen LogP) is 1.09. The minimum Gasteiger partial charge on any atom is -0.857 e. The van der Waals surface area contributed by atoms with Gasteiger partial charge in [-0.1, -0.05) is 78.1 Å². The molecule has 0 rings (SSSR count). The summed E-state index contributed by atoms with van der Waals surface area (Å²) in [5.41, 5.74) is 0. The van der Waals surface area contributed by atoms with Crippen molar-refractivity contribution < 1.29 is 39.5 Å². The van der Waals surface area contributed by atoms with Crippen LogP contribution in [0.3, 0.4) is 0 Å². The second-order valence-corrected chi connectivity index (χ2v) is 6.10. The van der Waals surface area contributed by atoms with Crippen molar-refractivity contribution in [1.29, 1.82) is 0 Å². The molecule has 0 heterocycles. The molecule has 134 valence electrons. The van der Waals surface area contributed by atoms with Crippen molar-refractivity contribution in [3.05, 3.63) is 0 Å². The Morgan fingerprint density at radius 2 is 1.26 bits per heavy atom. The van der Waals surface area contributed by atoms with E-state index in [1.165, 1.54) is 77.0 Å². The molecule has 0 aliphatic carbocycles. The van der Waals surface area contributed by atoms with Gasteiger partial charge in [-0.2, -0.15) is 7.11 Å². The first kappa shape index (κ1) is 28.4. The summed E-state index contributed by atoms with van der Waals surface area (Å²) in [5, 5.41) is 11.5. The molecule has 1 unspecified atom stereocenters. The quantitative estimate of drug-likeness (QED) is 0.261. The van der Waals surface area contributed by atoms with Crippen molar-refractivity contribution in [3.8, 4) is 0 Å². The number of carbonyl (C=O) groups is 1. The van der Waals surface area contributed by atoms with E-state index >= 15 is 0 Å². The molecule has 0 saturated heterocycles. The number of hydrogen-bond acceptors (Lipinski definition) is 3. The van der Waals surface area contributed by atoms with E-state index in [-0.39, 0.29) is 29.6 Å². The van der Waals surface area contributed by atoms with Gasteiger partial charge in [0.25, 0.3) is 0 Å². The van der Waals surface area contributed by atoms with Gasteiger partial charge in [-0.25, -0.2) is 0 Å². The predicted molar refractivity (Wildman–Crippen MR) is 95.1 cm³/mol. The van der Waals surface area contributed by atoms with Crippen LogP contribution in [0.5, 0.6) is 0 Å². The summed E-state index contributed by atoms with van der Waals surface area (Å²) in [6.07, 6.45) is 17.3. The fourth-order valence-corrected chi connectivity index (χ4v) is 2.77. The molecule has 0 saturated carbocycles. The van der Waals surface area contributed by atoms with Crippen LogP contribution >= 0.6 is 0 Å². The molecule has 0 aliphatic heterocycles. The molecule has 0 spiro atoms. The van der Waals surface area contributed by atoms with E-state index < -0.39 is 0 Å². The van der Waals surface area contributed by atoms with Crippen molar-refractivity contribution in [2.24, 2.45) is 5.92 Å². The number of nitrogens with one attached hydrogen (secondary N) is 1. The molecule has 0 radical (unpaired) electrons. The van der Waals surface area contributed by atoms with Gasteiger partial charge in [0, 0.05) is 0 Å². The Morgan fingerprint density at radius 1 is 0.826 bits per heavy atom. The standard InChI is InChI=1S/C18H37NO.CH3O.Na/c1-3-5-7-9-10-12-14-18(17-19-15-16-20)13-11-8-6-4-2;1-2;/h16,18-19H,3-15,17H2,1-2H3;1H3;/q;-1;+1. The van der Waals surface area contributed by atoms with E-state index in [9.17, 15) is 4.79 Å². The summed E-state index contributed by atoms with van der Waals surface area (Å²) in [6, 6.07) is 0. The first-order valence-corrected chi connectivity index (χ1v) is 9.40. The normalized spacial score (nSPS) is 11.1. The average Bonchev–Trinajstić information content (AvgIpc) is 2.56. The summed E-state index contributed by atoms with van der Waals surface area (Å²) in [7, 11) is 0.750. The summed E-state index contributed by atoms with van der Waals surface area (Å²) in [4.78, 5) is 10.4. The first-order chi connectivity index (χ1) is 10.8. The van der Waals surface area contributed by atoms with Crippen molar-refractivity contribution in [1.82, 2.24) is 5.32 Å². The van der Waals surface area contributed by atoms with Crippen LogP contribution in [0.4, 0.5) is 0 Å². The fourth-order valence-electron chi connectivity index (χ4n) is 2.77. The van der Waals surface area contributed by atoms with Crippen molar-refractivity contribution >= 4 is 6.29 Å². The molecule has 0 aromatic heterocycles. The zero-order chi connectivity index (χ0) is 16.9. The van der Waals surface area contributed by atoms with Crippen LogP contribution in [-0.2, 0) is 4.79 Å². The number of carbonyl (C=O) groups excluding carboxylic acids is 1. The van der Waals surface area contributed by atoms with Gasteiger partial charge in [-0.15, -0.1) is 0 Å².